The van der Waals surface area contributed by atoms with Crippen LogP contribution in [0.1, 0.15) is 33.3 Å². The van der Waals surface area contributed by atoms with Crippen molar-refractivity contribution >= 4 is 28.9 Å². The third-order valence-electron chi connectivity index (χ3n) is 4.57. The van der Waals surface area contributed by atoms with Crippen molar-refractivity contribution in [2.45, 2.75) is 13.3 Å². The fourth-order valence-electron chi connectivity index (χ4n) is 3.13. The number of nitrogens with one attached hydrogen (secondary N) is 1. The molecule has 134 valence electrons. The Labute approximate surface area is 156 Å². The largest absolute Gasteiger partial charge is 0.339 e. The molecule has 0 bridgehead atoms. The molecule has 3 aromatic rings. The van der Waals surface area contributed by atoms with Crippen LogP contribution in [0.15, 0.2) is 60.9 Å². The topological polar surface area (TPSA) is 75.2 Å². The number of Topliss-reactive ketones (excluding diaryl/α,β-unsaturated/α-hetero) is 1. The Balaban J connectivity index is 1.47. The Hall–Kier alpha value is -3.54. The molecule has 4 rings (SSSR count). The van der Waals surface area contributed by atoms with E-state index in [9.17, 15) is 9.59 Å². The van der Waals surface area contributed by atoms with E-state index < -0.39 is 0 Å². The lowest BCUT2D eigenvalue weighted by Gasteiger charge is -2.16. The van der Waals surface area contributed by atoms with Crippen LogP contribution in [0.2, 0.25) is 0 Å². The maximum absolute atomic E-state index is 12.8. The number of nitrogens with zero attached hydrogens (tertiary/aromatic N) is 3. The minimum atomic E-state index is -0.148. The van der Waals surface area contributed by atoms with Gasteiger partial charge in [-0.3, -0.25) is 9.59 Å². The molecule has 27 heavy (non-hydrogen) atoms. The molecule has 0 aliphatic carbocycles. The molecule has 1 amide bonds. The Morgan fingerprint density at radius 2 is 1.78 bits per heavy atom. The lowest BCUT2D eigenvalue weighted by Crippen LogP contribution is -2.29. The van der Waals surface area contributed by atoms with E-state index in [1.807, 2.05) is 24.3 Å². The molecule has 0 spiro atoms. The van der Waals surface area contributed by atoms with Crippen LogP contribution in [0.5, 0.6) is 0 Å². The zero-order chi connectivity index (χ0) is 18.8. The van der Waals surface area contributed by atoms with Crippen molar-refractivity contribution in [3.05, 3.63) is 77.7 Å². The second kappa shape index (κ2) is 6.99. The van der Waals surface area contributed by atoms with Crippen LogP contribution in [0, 0.1) is 0 Å². The quantitative estimate of drug-likeness (QED) is 0.721. The average Bonchev–Trinajstić information content (AvgIpc) is 3.12. The molecule has 0 saturated heterocycles. The highest BCUT2D eigenvalue weighted by atomic mass is 16.2. The number of amides is 1. The summed E-state index contributed by atoms with van der Waals surface area (Å²) in [5.41, 5.74) is 3.87. The zero-order valence-corrected chi connectivity index (χ0v) is 14.8. The fraction of sp³-hybridized carbons (Fsp3) is 0.143. The molecule has 2 aromatic carbocycles. The predicted molar refractivity (Wildman–Crippen MR) is 104 cm³/mol. The van der Waals surface area contributed by atoms with Crippen LogP contribution < -0.4 is 10.2 Å². The van der Waals surface area contributed by atoms with Gasteiger partial charge in [-0.1, -0.05) is 18.2 Å². The summed E-state index contributed by atoms with van der Waals surface area (Å²) in [6.07, 6.45) is 3.87. The standard InChI is InChI=1S/C21H18N4O2/c1-14(26)15-6-8-17(9-7-15)24-20-13-22-18(12-23-20)21(27)25-11-10-16-4-2-3-5-19(16)25/h2-9,12-13H,10-11H2,1H3,(H,23,24). The van der Waals surface area contributed by atoms with Gasteiger partial charge in [0, 0.05) is 23.5 Å². The first kappa shape index (κ1) is 16.9. The molecule has 6 heteroatoms. The van der Waals surface area contributed by atoms with Crippen molar-refractivity contribution in [2.75, 3.05) is 16.8 Å². The summed E-state index contributed by atoms with van der Waals surface area (Å²) in [6, 6.07) is 15.0. The molecule has 0 atom stereocenters. The second-order valence-corrected chi connectivity index (χ2v) is 6.38. The summed E-state index contributed by atoms with van der Waals surface area (Å²) in [5.74, 6) is 0.404. The van der Waals surface area contributed by atoms with Crippen molar-refractivity contribution in [2.24, 2.45) is 0 Å². The molecule has 2 heterocycles. The Kier molecular flexibility index (Phi) is 4.38. The van der Waals surface area contributed by atoms with Gasteiger partial charge < -0.3 is 10.2 Å². The van der Waals surface area contributed by atoms with Crippen molar-refractivity contribution in [3.8, 4) is 0 Å². The molecule has 0 radical (unpaired) electrons. The summed E-state index contributed by atoms with van der Waals surface area (Å²) >= 11 is 0. The smallest absolute Gasteiger partial charge is 0.278 e. The molecule has 1 aliphatic heterocycles. The fourth-order valence-corrected chi connectivity index (χ4v) is 3.13. The SMILES string of the molecule is CC(=O)c1ccc(Nc2cnc(C(=O)N3CCc4ccccc43)cn2)cc1. The molecule has 0 unspecified atom stereocenters. The number of hydrogen-bond donors (Lipinski definition) is 1. The lowest BCUT2D eigenvalue weighted by molar-refractivity contribution is 0.0982. The van der Waals surface area contributed by atoms with Crippen LogP contribution in [0.4, 0.5) is 17.2 Å². The van der Waals surface area contributed by atoms with Crippen LogP contribution in [-0.2, 0) is 6.42 Å². The summed E-state index contributed by atoms with van der Waals surface area (Å²) < 4.78 is 0. The minimum absolute atomic E-state index is 0.0210. The molecule has 6 nitrogen and oxygen atoms in total. The van der Waals surface area contributed by atoms with Gasteiger partial charge in [0.15, 0.2) is 5.78 Å². The van der Waals surface area contributed by atoms with Gasteiger partial charge in [0.25, 0.3) is 5.91 Å². The number of hydrogen-bond acceptors (Lipinski definition) is 5. The van der Waals surface area contributed by atoms with E-state index in [4.69, 9.17) is 0 Å². The number of aromatic nitrogens is 2. The molecule has 0 saturated carbocycles. The monoisotopic (exact) mass is 358 g/mol. The van der Waals surface area contributed by atoms with Gasteiger partial charge in [0.05, 0.1) is 12.4 Å². The Morgan fingerprint density at radius 3 is 2.48 bits per heavy atom. The van der Waals surface area contributed by atoms with Gasteiger partial charge in [-0.05, 0) is 49.2 Å². The number of anilines is 3. The number of carbonyl (C=O) groups is 2. The highest BCUT2D eigenvalue weighted by Crippen LogP contribution is 2.28. The average molecular weight is 358 g/mol. The highest BCUT2D eigenvalue weighted by molar-refractivity contribution is 6.05. The third-order valence-corrected chi connectivity index (χ3v) is 4.57. The minimum Gasteiger partial charge on any atom is -0.339 e. The first-order valence-corrected chi connectivity index (χ1v) is 8.71. The number of para-hydroxylation sites is 1. The van der Waals surface area contributed by atoms with Crippen LogP contribution in [0.25, 0.3) is 0 Å². The van der Waals surface area contributed by atoms with Crippen molar-refractivity contribution in [1.29, 1.82) is 0 Å². The van der Waals surface area contributed by atoms with E-state index in [-0.39, 0.29) is 11.7 Å². The van der Waals surface area contributed by atoms with E-state index in [2.05, 4.69) is 15.3 Å². The molecule has 1 N–H and O–H groups in total. The normalized spacial score (nSPS) is 12.6. The van der Waals surface area contributed by atoms with E-state index in [0.29, 0.717) is 23.6 Å². The van der Waals surface area contributed by atoms with E-state index in [1.54, 1.807) is 29.2 Å². The number of ketones is 1. The Morgan fingerprint density at radius 1 is 1.00 bits per heavy atom. The van der Waals surface area contributed by atoms with E-state index in [0.717, 1.165) is 17.8 Å². The van der Waals surface area contributed by atoms with Gasteiger partial charge in [-0.25, -0.2) is 9.97 Å². The molecular formula is C21H18N4O2. The molecule has 1 aliphatic rings. The summed E-state index contributed by atoms with van der Waals surface area (Å²) in [6.45, 7) is 2.19. The number of fused-ring (bicyclic) bond motifs is 1. The maximum atomic E-state index is 12.8. The zero-order valence-electron chi connectivity index (χ0n) is 14.8. The maximum Gasteiger partial charge on any atom is 0.278 e. The molecular weight excluding hydrogens is 340 g/mol. The number of carbonyl (C=O) groups excluding carboxylic acids is 2. The molecule has 1 aromatic heterocycles. The van der Waals surface area contributed by atoms with Crippen LogP contribution in [0.3, 0.4) is 0 Å². The van der Waals surface area contributed by atoms with Crippen LogP contribution in [-0.4, -0.2) is 28.2 Å². The van der Waals surface area contributed by atoms with Crippen molar-refractivity contribution in [1.82, 2.24) is 9.97 Å². The van der Waals surface area contributed by atoms with Gasteiger partial charge in [0.2, 0.25) is 0 Å². The lowest BCUT2D eigenvalue weighted by atomic mass is 10.1. The van der Waals surface area contributed by atoms with E-state index in [1.165, 1.54) is 24.9 Å². The first-order chi connectivity index (χ1) is 13.1. The van der Waals surface area contributed by atoms with E-state index >= 15 is 0 Å². The van der Waals surface area contributed by atoms with Gasteiger partial charge in [-0.2, -0.15) is 0 Å². The number of rotatable bonds is 4. The van der Waals surface area contributed by atoms with Crippen molar-refractivity contribution in [3.63, 3.8) is 0 Å². The van der Waals surface area contributed by atoms with Crippen LogP contribution >= 0.6 is 0 Å². The van der Waals surface area contributed by atoms with Crippen molar-refractivity contribution < 1.29 is 9.59 Å². The first-order valence-electron chi connectivity index (χ1n) is 8.71. The van der Waals surface area contributed by atoms with Gasteiger partial charge in [0.1, 0.15) is 11.5 Å². The highest BCUT2D eigenvalue weighted by Gasteiger charge is 2.26. The summed E-state index contributed by atoms with van der Waals surface area (Å²) in [7, 11) is 0. The second-order valence-electron chi connectivity index (χ2n) is 6.38. The van der Waals surface area contributed by atoms with Gasteiger partial charge in [-0.15, -0.1) is 0 Å². The number of benzene rings is 2. The van der Waals surface area contributed by atoms with Gasteiger partial charge >= 0.3 is 0 Å². The Bertz CT molecular complexity index is 997. The predicted octanol–water partition coefficient (Wildman–Crippen LogP) is 3.63. The summed E-state index contributed by atoms with van der Waals surface area (Å²) in [5, 5.41) is 3.11. The third kappa shape index (κ3) is 3.42. The molecule has 0 fully saturated rings. The summed E-state index contributed by atoms with van der Waals surface area (Å²) in [4.78, 5) is 34.4.